The number of nitrogens with zero attached hydrogens (tertiary/aromatic N) is 1. The fourth-order valence-electron chi connectivity index (χ4n) is 2.83. The van der Waals surface area contributed by atoms with E-state index in [-0.39, 0.29) is 12.0 Å². The van der Waals surface area contributed by atoms with Gasteiger partial charge in [-0.25, -0.2) is 0 Å². The molecule has 1 amide bonds. The van der Waals surface area contributed by atoms with Crippen molar-refractivity contribution in [2.45, 2.75) is 25.9 Å². The van der Waals surface area contributed by atoms with Crippen LogP contribution in [-0.4, -0.2) is 37.1 Å². The lowest BCUT2D eigenvalue weighted by atomic mass is 10.0. The molecule has 2 aromatic rings. The average molecular weight is 325 g/mol. The number of hydrogen-bond acceptors (Lipinski definition) is 3. The second-order valence-corrected chi connectivity index (χ2v) is 6.08. The molecule has 4 heteroatoms. The largest absolute Gasteiger partial charge is 0.497 e. The summed E-state index contributed by atoms with van der Waals surface area (Å²) in [6.07, 6.45) is 2.21. The number of benzene rings is 2. The lowest BCUT2D eigenvalue weighted by molar-refractivity contribution is 0.0177. The molecule has 4 nitrogen and oxygen atoms in total. The first kappa shape index (κ1) is 16.4. The Hall–Kier alpha value is -2.49. The smallest absolute Gasteiger partial charge is 0.254 e. The van der Waals surface area contributed by atoms with Gasteiger partial charge >= 0.3 is 0 Å². The van der Waals surface area contributed by atoms with Crippen molar-refractivity contribution in [2.24, 2.45) is 0 Å². The topological polar surface area (TPSA) is 38.8 Å². The van der Waals surface area contributed by atoms with Crippen molar-refractivity contribution in [1.82, 2.24) is 4.90 Å². The van der Waals surface area contributed by atoms with Crippen molar-refractivity contribution in [1.29, 1.82) is 0 Å². The van der Waals surface area contributed by atoms with E-state index in [2.05, 4.69) is 6.92 Å². The van der Waals surface area contributed by atoms with Gasteiger partial charge in [-0.3, -0.25) is 4.79 Å². The van der Waals surface area contributed by atoms with Crippen molar-refractivity contribution < 1.29 is 14.3 Å². The second kappa shape index (κ2) is 7.39. The van der Waals surface area contributed by atoms with Gasteiger partial charge < -0.3 is 14.4 Å². The Kier molecular flexibility index (Phi) is 5.04. The van der Waals surface area contributed by atoms with E-state index in [9.17, 15) is 4.79 Å². The summed E-state index contributed by atoms with van der Waals surface area (Å²) in [4.78, 5) is 14.3. The summed E-state index contributed by atoms with van der Waals surface area (Å²) in [5, 5.41) is 0. The SMILES string of the molecule is CCCc1ccc(C(=O)N2CC(Oc3cccc(OC)c3)C2)cc1. The van der Waals surface area contributed by atoms with E-state index in [0.717, 1.165) is 29.9 Å². The van der Waals surface area contributed by atoms with Gasteiger partial charge in [0.05, 0.1) is 20.2 Å². The molecule has 126 valence electrons. The van der Waals surface area contributed by atoms with E-state index in [1.54, 1.807) is 7.11 Å². The summed E-state index contributed by atoms with van der Waals surface area (Å²) < 4.78 is 11.1. The van der Waals surface area contributed by atoms with Gasteiger partial charge in [-0.15, -0.1) is 0 Å². The Morgan fingerprint density at radius 2 is 1.83 bits per heavy atom. The van der Waals surface area contributed by atoms with Gasteiger partial charge in [0.25, 0.3) is 5.91 Å². The van der Waals surface area contributed by atoms with Gasteiger partial charge in [-0.2, -0.15) is 0 Å². The van der Waals surface area contributed by atoms with Crippen LogP contribution in [0.25, 0.3) is 0 Å². The molecule has 0 unspecified atom stereocenters. The van der Waals surface area contributed by atoms with Crippen molar-refractivity contribution >= 4 is 5.91 Å². The van der Waals surface area contributed by atoms with Crippen LogP contribution in [0.15, 0.2) is 48.5 Å². The zero-order valence-corrected chi connectivity index (χ0v) is 14.2. The van der Waals surface area contributed by atoms with Crippen LogP contribution < -0.4 is 9.47 Å². The fourth-order valence-corrected chi connectivity index (χ4v) is 2.83. The van der Waals surface area contributed by atoms with E-state index < -0.39 is 0 Å². The van der Waals surface area contributed by atoms with Crippen LogP contribution in [0.5, 0.6) is 11.5 Å². The lowest BCUT2D eigenvalue weighted by Crippen LogP contribution is -2.56. The highest BCUT2D eigenvalue weighted by Crippen LogP contribution is 2.23. The number of rotatable bonds is 6. The minimum atomic E-state index is 0.0421. The summed E-state index contributed by atoms with van der Waals surface area (Å²) in [5.74, 6) is 1.62. The third kappa shape index (κ3) is 3.70. The van der Waals surface area contributed by atoms with Crippen LogP contribution in [-0.2, 0) is 6.42 Å². The highest BCUT2D eigenvalue weighted by atomic mass is 16.5. The van der Waals surface area contributed by atoms with Gasteiger partial charge in [0.15, 0.2) is 0 Å². The minimum absolute atomic E-state index is 0.0421. The van der Waals surface area contributed by atoms with Gasteiger partial charge in [-0.05, 0) is 36.2 Å². The van der Waals surface area contributed by atoms with Gasteiger partial charge in [0, 0.05) is 11.6 Å². The van der Waals surface area contributed by atoms with E-state index in [1.165, 1.54) is 5.56 Å². The molecule has 24 heavy (non-hydrogen) atoms. The molecule has 1 saturated heterocycles. The fraction of sp³-hybridized carbons (Fsp3) is 0.350. The Balaban J connectivity index is 1.52. The molecular formula is C20H23NO3. The predicted molar refractivity (Wildman–Crippen MR) is 93.8 cm³/mol. The molecule has 1 fully saturated rings. The summed E-state index contributed by atoms with van der Waals surface area (Å²) in [7, 11) is 1.63. The molecule has 0 atom stereocenters. The molecule has 0 aliphatic carbocycles. The molecule has 0 aromatic heterocycles. The highest BCUT2D eigenvalue weighted by Gasteiger charge is 2.32. The highest BCUT2D eigenvalue weighted by molar-refractivity contribution is 5.94. The van der Waals surface area contributed by atoms with Crippen LogP contribution in [0.1, 0.15) is 29.3 Å². The lowest BCUT2D eigenvalue weighted by Gasteiger charge is -2.39. The van der Waals surface area contributed by atoms with Crippen molar-refractivity contribution in [2.75, 3.05) is 20.2 Å². The maximum Gasteiger partial charge on any atom is 0.254 e. The minimum Gasteiger partial charge on any atom is -0.497 e. The van der Waals surface area contributed by atoms with Crippen LogP contribution in [0.4, 0.5) is 0 Å². The molecule has 1 aliphatic rings. The molecule has 2 aromatic carbocycles. The Labute approximate surface area is 143 Å². The summed E-state index contributed by atoms with van der Waals surface area (Å²) in [6, 6.07) is 15.5. The molecule has 0 N–H and O–H groups in total. The Bertz CT molecular complexity index is 690. The summed E-state index contributed by atoms with van der Waals surface area (Å²) >= 11 is 0. The monoisotopic (exact) mass is 325 g/mol. The maximum atomic E-state index is 12.4. The number of ether oxygens (including phenoxy) is 2. The molecule has 1 aliphatic heterocycles. The molecule has 1 heterocycles. The number of carbonyl (C=O) groups excluding carboxylic acids is 1. The molecule has 0 spiro atoms. The first-order valence-corrected chi connectivity index (χ1v) is 8.38. The standard InChI is InChI=1S/C20H23NO3/c1-3-5-15-8-10-16(11-9-15)20(22)21-13-19(14-21)24-18-7-4-6-17(12-18)23-2/h4,6-12,19H,3,5,13-14H2,1-2H3. The van der Waals surface area contributed by atoms with Crippen molar-refractivity contribution in [3.05, 3.63) is 59.7 Å². The molecule has 0 bridgehead atoms. The maximum absolute atomic E-state index is 12.4. The molecule has 0 radical (unpaired) electrons. The summed E-state index contributed by atoms with van der Waals surface area (Å²) in [6.45, 7) is 3.39. The Morgan fingerprint density at radius 3 is 2.50 bits per heavy atom. The van der Waals surface area contributed by atoms with Gasteiger partial charge in [0.2, 0.25) is 0 Å². The number of methoxy groups -OCH3 is 1. The third-order valence-electron chi connectivity index (χ3n) is 4.22. The van der Waals surface area contributed by atoms with E-state index in [1.807, 2.05) is 53.4 Å². The first-order chi connectivity index (χ1) is 11.7. The van der Waals surface area contributed by atoms with E-state index in [4.69, 9.17) is 9.47 Å². The number of likely N-dealkylation sites (tertiary alicyclic amines) is 1. The second-order valence-electron chi connectivity index (χ2n) is 6.08. The number of hydrogen-bond donors (Lipinski definition) is 0. The summed E-state index contributed by atoms with van der Waals surface area (Å²) in [5.41, 5.74) is 2.02. The normalized spacial score (nSPS) is 14.2. The predicted octanol–water partition coefficient (Wildman–Crippen LogP) is 3.55. The van der Waals surface area contributed by atoms with Crippen LogP contribution >= 0.6 is 0 Å². The number of aryl methyl sites for hydroxylation is 1. The third-order valence-corrected chi connectivity index (χ3v) is 4.22. The van der Waals surface area contributed by atoms with Crippen LogP contribution in [0, 0.1) is 0 Å². The number of amides is 1. The van der Waals surface area contributed by atoms with Crippen molar-refractivity contribution in [3.8, 4) is 11.5 Å². The quantitative estimate of drug-likeness (QED) is 0.815. The zero-order valence-electron chi connectivity index (χ0n) is 14.2. The Morgan fingerprint density at radius 1 is 1.12 bits per heavy atom. The van der Waals surface area contributed by atoms with Crippen molar-refractivity contribution in [3.63, 3.8) is 0 Å². The van der Waals surface area contributed by atoms with Crippen LogP contribution in [0.2, 0.25) is 0 Å². The zero-order chi connectivity index (χ0) is 16.9. The average Bonchev–Trinajstić information content (AvgIpc) is 2.58. The first-order valence-electron chi connectivity index (χ1n) is 8.38. The van der Waals surface area contributed by atoms with Gasteiger partial charge in [-0.1, -0.05) is 31.5 Å². The molecular weight excluding hydrogens is 302 g/mol. The van der Waals surface area contributed by atoms with E-state index >= 15 is 0 Å². The van der Waals surface area contributed by atoms with Gasteiger partial charge in [0.1, 0.15) is 17.6 Å². The molecule has 0 saturated carbocycles. The van der Waals surface area contributed by atoms with E-state index in [0.29, 0.717) is 13.1 Å². The number of carbonyl (C=O) groups is 1. The van der Waals surface area contributed by atoms with Crippen LogP contribution in [0.3, 0.4) is 0 Å². The molecule has 3 rings (SSSR count).